The fourth-order valence-corrected chi connectivity index (χ4v) is 3.80. The fourth-order valence-electron chi connectivity index (χ4n) is 3.42. The van der Waals surface area contributed by atoms with Gasteiger partial charge in [-0.25, -0.2) is 0 Å². The summed E-state index contributed by atoms with van der Waals surface area (Å²) in [4.78, 5) is -0.412. The molecule has 1 heteroatoms. The van der Waals surface area contributed by atoms with Crippen LogP contribution in [0.5, 0.6) is 0 Å². The van der Waals surface area contributed by atoms with Crippen LogP contribution in [0.3, 0.4) is 0 Å². The molecule has 2 rings (SSSR count). The van der Waals surface area contributed by atoms with Gasteiger partial charge in [-0.15, -0.1) is 11.6 Å². The van der Waals surface area contributed by atoms with Crippen molar-refractivity contribution < 1.29 is 0 Å². The average molecular weight is 357 g/mol. The minimum Gasteiger partial charge on any atom is -0.109 e. The van der Waals surface area contributed by atoms with Crippen LogP contribution in [-0.2, 0) is 4.87 Å². The quantitative estimate of drug-likeness (QED) is 0.299. The Kier molecular flexibility index (Phi) is 8.03. The topological polar surface area (TPSA) is 0 Å². The number of benzene rings is 2. The summed E-state index contributed by atoms with van der Waals surface area (Å²) in [5.41, 5.74) is 4.99. The van der Waals surface area contributed by atoms with E-state index in [2.05, 4.69) is 69.3 Å². The zero-order valence-electron chi connectivity index (χ0n) is 16.2. The maximum Gasteiger partial charge on any atom is 0.0944 e. The molecule has 0 fully saturated rings. The number of hydrogen-bond acceptors (Lipinski definition) is 0. The Balaban J connectivity index is 2.07. The second kappa shape index (κ2) is 10.0. The highest BCUT2D eigenvalue weighted by Crippen LogP contribution is 2.41. The number of hydrogen-bond donors (Lipinski definition) is 0. The second-order valence-corrected chi connectivity index (χ2v) is 8.05. The molecule has 0 radical (unpaired) electrons. The van der Waals surface area contributed by atoms with Crippen LogP contribution in [0.2, 0.25) is 0 Å². The molecule has 0 heterocycles. The van der Waals surface area contributed by atoms with Gasteiger partial charge in [-0.05, 0) is 31.4 Å². The third-order valence-corrected chi connectivity index (χ3v) is 5.77. The van der Waals surface area contributed by atoms with E-state index in [1.165, 1.54) is 67.2 Å². The van der Waals surface area contributed by atoms with Gasteiger partial charge in [-0.1, -0.05) is 112 Å². The number of rotatable bonds is 10. The van der Waals surface area contributed by atoms with Crippen molar-refractivity contribution in [2.75, 3.05) is 0 Å². The predicted molar refractivity (Wildman–Crippen MR) is 112 cm³/mol. The van der Waals surface area contributed by atoms with Crippen LogP contribution in [0.25, 0.3) is 0 Å². The summed E-state index contributed by atoms with van der Waals surface area (Å²) >= 11 is 7.26. The maximum atomic E-state index is 7.26. The number of alkyl halides is 1. The summed E-state index contributed by atoms with van der Waals surface area (Å²) in [5, 5.41) is 0. The molecule has 0 aliphatic heterocycles. The first-order chi connectivity index (χ1) is 12.1. The van der Waals surface area contributed by atoms with Gasteiger partial charge in [-0.2, -0.15) is 0 Å². The van der Waals surface area contributed by atoms with Crippen molar-refractivity contribution in [1.82, 2.24) is 0 Å². The Hall–Kier alpha value is -1.27. The molecule has 0 amide bonds. The van der Waals surface area contributed by atoms with Crippen molar-refractivity contribution in [3.8, 4) is 0 Å². The van der Waals surface area contributed by atoms with Crippen molar-refractivity contribution in [2.24, 2.45) is 0 Å². The molecule has 0 aromatic heterocycles. The minimum absolute atomic E-state index is 0.412. The molecule has 2 aromatic rings. The minimum atomic E-state index is -0.412. The normalized spacial score (nSPS) is 11.7. The molecule has 0 saturated heterocycles. The van der Waals surface area contributed by atoms with Crippen molar-refractivity contribution >= 4 is 11.6 Å². The van der Waals surface area contributed by atoms with E-state index in [4.69, 9.17) is 11.6 Å². The molecule has 0 saturated carbocycles. The van der Waals surface area contributed by atoms with Crippen LogP contribution in [0.4, 0.5) is 0 Å². The van der Waals surface area contributed by atoms with E-state index in [1.54, 1.807) is 0 Å². The summed E-state index contributed by atoms with van der Waals surface area (Å²) in [6.45, 7) is 6.52. The van der Waals surface area contributed by atoms with Gasteiger partial charge in [-0.3, -0.25) is 0 Å². The van der Waals surface area contributed by atoms with E-state index < -0.39 is 4.87 Å². The third kappa shape index (κ3) is 5.89. The largest absolute Gasteiger partial charge is 0.109 e. The van der Waals surface area contributed by atoms with Gasteiger partial charge < -0.3 is 0 Å². The van der Waals surface area contributed by atoms with Crippen molar-refractivity contribution in [3.05, 3.63) is 70.8 Å². The van der Waals surface area contributed by atoms with Gasteiger partial charge in [0.2, 0.25) is 0 Å². The summed E-state index contributed by atoms with van der Waals surface area (Å²) < 4.78 is 0. The second-order valence-electron chi connectivity index (χ2n) is 7.40. The van der Waals surface area contributed by atoms with Gasteiger partial charge in [0.15, 0.2) is 0 Å². The van der Waals surface area contributed by atoms with E-state index >= 15 is 0 Å². The van der Waals surface area contributed by atoms with Gasteiger partial charge in [0, 0.05) is 0 Å². The van der Waals surface area contributed by atoms with E-state index in [1.807, 2.05) is 0 Å². The van der Waals surface area contributed by atoms with Gasteiger partial charge in [0.1, 0.15) is 0 Å². The van der Waals surface area contributed by atoms with Crippen LogP contribution < -0.4 is 0 Å². The zero-order chi connectivity index (χ0) is 18.1. The molecule has 0 aliphatic rings. The Morgan fingerprint density at radius 2 is 1.04 bits per heavy atom. The maximum absolute atomic E-state index is 7.26. The molecule has 0 nitrogen and oxygen atoms in total. The molecular formula is C24H33Cl. The van der Waals surface area contributed by atoms with Crippen LogP contribution in [0.15, 0.2) is 48.5 Å². The molecular weight excluding hydrogens is 324 g/mol. The van der Waals surface area contributed by atoms with E-state index in [9.17, 15) is 0 Å². The van der Waals surface area contributed by atoms with Crippen LogP contribution >= 0.6 is 11.6 Å². The molecule has 2 aromatic carbocycles. The Morgan fingerprint density at radius 1 is 0.640 bits per heavy atom. The number of aryl methyl sites for hydroxylation is 2. The zero-order valence-corrected chi connectivity index (χ0v) is 16.9. The highest BCUT2D eigenvalue weighted by Gasteiger charge is 2.31. The lowest BCUT2D eigenvalue weighted by molar-refractivity contribution is 0.538. The molecule has 0 atom stereocenters. The number of halogens is 1. The first-order valence-electron chi connectivity index (χ1n) is 9.89. The highest BCUT2D eigenvalue weighted by atomic mass is 35.5. The Morgan fingerprint density at radius 3 is 1.48 bits per heavy atom. The Bertz CT molecular complexity index is 564. The van der Waals surface area contributed by atoms with Crippen LogP contribution in [-0.4, -0.2) is 0 Å². The smallest absolute Gasteiger partial charge is 0.0944 e. The number of unbranched alkanes of at least 4 members (excludes halogenated alkanes) is 6. The van der Waals surface area contributed by atoms with E-state index in [0.29, 0.717) is 0 Å². The lowest BCUT2D eigenvalue weighted by atomic mass is 9.85. The van der Waals surface area contributed by atoms with Crippen molar-refractivity contribution in [3.63, 3.8) is 0 Å². The van der Waals surface area contributed by atoms with Crippen LogP contribution in [0.1, 0.15) is 80.5 Å². The van der Waals surface area contributed by atoms with Gasteiger partial charge in [0.25, 0.3) is 0 Å². The SMILES string of the molecule is CCCCCCCCCC(Cl)(c1ccc(C)cc1)c1ccc(C)cc1. The molecule has 0 spiro atoms. The lowest BCUT2D eigenvalue weighted by Crippen LogP contribution is -2.20. The van der Waals surface area contributed by atoms with Gasteiger partial charge >= 0.3 is 0 Å². The highest BCUT2D eigenvalue weighted by molar-refractivity contribution is 6.26. The predicted octanol–water partition coefficient (Wildman–Crippen LogP) is 7.93. The van der Waals surface area contributed by atoms with E-state index in [-0.39, 0.29) is 0 Å². The van der Waals surface area contributed by atoms with Crippen molar-refractivity contribution in [2.45, 2.75) is 77.0 Å². The first kappa shape index (κ1) is 20.0. The molecule has 0 bridgehead atoms. The summed E-state index contributed by atoms with van der Waals surface area (Å²) in [6.07, 6.45) is 10.2. The average Bonchev–Trinajstić information content (AvgIpc) is 2.62. The van der Waals surface area contributed by atoms with Crippen molar-refractivity contribution in [1.29, 1.82) is 0 Å². The monoisotopic (exact) mass is 356 g/mol. The third-order valence-electron chi connectivity index (χ3n) is 5.14. The first-order valence-corrected chi connectivity index (χ1v) is 10.3. The molecule has 0 aliphatic carbocycles. The van der Waals surface area contributed by atoms with Gasteiger partial charge in [0.05, 0.1) is 4.87 Å². The molecule has 136 valence electrons. The standard InChI is InChI=1S/C24H33Cl/c1-4-5-6-7-8-9-10-19-24(25,22-15-11-20(2)12-16-22)23-17-13-21(3)14-18-23/h11-18H,4-10,19H2,1-3H3. The summed E-state index contributed by atoms with van der Waals surface area (Å²) in [6, 6.07) is 17.5. The van der Waals surface area contributed by atoms with Crippen LogP contribution in [0, 0.1) is 13.8 Å². The fraction of sp³-hybridized carbons (Fsp3) is 0.500. The van der Waals surface area contributed by atoms with E-state index in [0.717, 1.165) is 6.42 Å². The Labute approximate surface area is 159 Å². The molecule has 0 N–H and O–H groups in total. The molecule has 0 unspecified atom stereocenters. The molecule has 25 heavy (non-hydrogen) atoms. The summed E-state index contributed by atoms with van der Waals surface area (Å²) in [5.74, 6) is 0. The summed E-state index contributed by atoms with van der Waals surface area (Å²) in [7, 11) is 0. The lowest BCUT2D eigenvalue weighted by Gasteiger charge is -2.29.